The number of aliphatic hydroxyl groups excluding tert-OH is 1. The molecule has 0 aliphatic carbocycles. The second-order valence-electron chi connectivity index (χ2n) is 4.80. The lowest BCUT2D eigenvalue weighted by Crippen LogP contribution is -2.43. The van der Waals surface area contributed by atoms with Crippen molar-refractivity contribution in [3.8, 4) is 0 Å². The second kappa shape index (κ2) is 6.51. The van der Waals surface area contributed by atoms with E-state index in [4.69, 9.17) is 10.8 Å². The standard InChI is InChI=1S/C12H22N4O2/c1-8(2)10(4-5-17)15-12(18)11(13)9-6-14-16(3)7-9/h6-8,10-11,17H,4-5,13H2,1-3H3,(H,15,18). The highest BCUT2D eigenvalue weighted by molar-refractivity contribution is 5.83. The Bertz CT molecular complexity index is 389. The smallest absolute Gasteiger partial charge is 0.241 e. The van der Waals surface area contributed by atoms with Gasteiger partial charge in [0, 0.05) is 31.5 Å². The van der Waals surface area contributed by atoms with E-state index in [1.807, 2.05) is 13.8 Å². The summed E-state index contributed by atoms with van der Waals surface area (Å²) < 4.78 is 1.61. The molecule has 4 N–H and O–H groups in total. The Balaban J connectivity index is 2.63. The molecule has 0 aliphatic heterocycles. The third-order valence-corrected chi connectivity index (χ3v) is 2.94. The molecule has 0 radical (unpaired) electrons. The molecular formula is C12H22N4O2. The van der Waals surface area contributed by atoms with Crippen LogP contribution in [-0.2, 0) is 11.8 Å². The molecule has 6 heteroatoms. The molecule has 0 saturated carbocycles. The van der Waals surface area contributed by atoms with Gasteiger partial charge >= 0.3 is 0 Å². The van der Waals surface area contributed by atoms with Crippen LogP contribution in [0, 0.1) is 5.92 Å². The van der Waals surface area contributed by atoms with Gasteiger partial charge in [0.25, 0.3) is 0 Å². The third-order valence-electron chi connectivity index (χ3n) is 2.94. The van der Waals surface area contributed by atoms with E-state index < -0.39 is 6.04 Å². The predicted octanol–water partition coefficient (Wildman–Crippen LogP) is -0.0569. The third kappa shape index (κ3) is 3.82. The van der Waals surface area contributed by atoms with Crippen molar-refractivity contribution in [2.75, 3.05) is 6.61 Å². The number of aryl methyl sites for hydroxylation is 1. The van der Waals surface area contributed by atoms with Gasteiger partial charge in [0.1, 0.15) is 6.04 Å². The zero-order valence-corrected chi connectivity index (χ0v) is 11.1. The molecule has 1 rings (SSSR count). The van der Waals surface area contributed by atoms with Crippen LogP contribution < -0.4 is 11.1 Å². The molecule has 1 aromatic rings. The molecule has 2 atom stereocenters. The Morgan fingerprint density at radius 2 is 2.28 bits per heavy atom. The molecule has 18 heavy (non-hydrogen) atoms. The monoisotopic (exact) mass is 254 g/mol. The number of nitrogens with zero attached hydrogens (tertiary/aromatic N) is 2. The first-order valence-electron chi connectivity index (χ1n) is 6.11. The Morgan fingerprint density at radius 3 is 2.72 bits per heavy atom. The summed E-state index contributed by atoms with van der Waals surface area (Å²) in [6, 6.07) is -0.788. The number of aliphatic hydroxyl groups is 1. The van der Waals surface area contributed by atoms with E-state index in [2.05, 4.69) is 10.4 Å². The molecular weight excluding hydrogens is 232 g/mol. The lowest BCUT2D eigenvalue weighted by Gasteiger charge is -2.23. The maximum absolute atomic E-state index is 12.0. The largest absolute Gasteiger partial charge is 0.396 e. The maximum atomic E-state index is 12.0. The van der Waals surface area contributed by atoms with Crippen LogP contribution in [-0.4, -0.2) is 33.4 Å². The molecule has 0 spiro atoms. The first-order valence-corrected chi connectivity index (χ1v) is 6.11. The molecule has 1 heterocycles. The Labute approximate surface area is 107 Å². The van der Waals surface area contributed by atoms with Gasteiger partial charge in [-0.1, -0.05) is 13.8 Å². The van der Waals surface area contributed by atoms with Crippen molar-refractivity contribution < 1.29 is 9.90 Å². The highest BCUT2D eigenvalue weighted by atomic mass is 16.3. The van der Waals surface area contributed by atoms with Crippen LogP contribution in [0.1, 0.15) is 31.9 Å². The van der Waals surface area contributed by atoms with Crippen LogP contribution in [0.15, 0.2) is 12.4 Å². The van der Waals surface area contributed by atoms with Gasteiger partial charge in [0.15, 0.2) is 0 Å². The summed E-state index contributed by atoms with van der Waals surface area (Å²) in [5, 5.41) is 15.8. The Kier molecular flexibility index (Phi) is 5.30. The van der Waals surface area contributed by atoms with Crippen molar-refractivity contribution in [1.29, 1.82) is 0 Å². The van der Waals surface area contributed by atoms with Gasteiger partial charge in [0.05, 0.1) is 6.20 Å². The topological polar surface area (TPSA) is 93.2 Å². The molecule has 0 saturated heterocycles. The average Bonchev–Trinajstić information content (AvgIpc) is 2.74. The number of hydrogen-bond donors (Lipinski definition) is 3. The van der Waals surface area contributed by atoms with Crippen molar-refractivity contribution >= 4 is 5.91 Å². The fourth-order valence-corrected chi connectivity index (χ4v) is 1.74. The Hall–Kier alpha value is -1.40. The van der Waals surface area contributed by atoms with Gasteiger partial charge in [-0.15, -0.1) is 0 Å². The molecule has 1 aromatic heterocycles. The number of hydrogen-bond acceptors (Lipinski definition) is 4. The molecule has 0 aromatic carbocycles. The summed E-state index contributed by atoms with van der Waals surface area (Å²) in [7, 11) is 1.77. The second-order valence-corrected chi connectivity index (χ2v) is 4.80. The van der Waals surface area contributed by atoms with Crippen LogP contribution in [0.5, 0.6) is 0 Å². The van der Waals surface area contributed by atoms with Crippen molar-refractivity contribution in [3.63, 3.8) is 0 Å². The van der Waals surface area contributed by atoms with Gasteiger partial charge in [-0.25, -0.2) is 0 Å². The van der Waals surface area contributed by atoms with Gasteiger partial charge in [-0.05, 0) is 12.3 Å². The van der Waals surface area contributed by atoms with E-state index in [-0.39, 0.29) is 24.5 Å². The normalized spacial score (nSPS) is 14.6. The Morgan fingerprint density at radius 1 is 1.61 bits per heavy atom. The van der Waals surface area contributed by atoms with Crippen LogP contribution in [0.2, 0.25) is 0 Å². The summed E-state index contributed by atoms with van der Waals surface area (Å²) in [4.78, 5) is 12.0. The summed E-state index contributed by atoms with van der Waals surface area (Å²) in [5.41, 5.74) is 6.55. The van der Waals surface area contributed by atoms with Crippen LogP contribution in [0.4, 0.5) is 0 Å². The zero-order chi connectivity index (χ0) is 13.7. The van der Waals surface area contributed by atoms with E-state index >= 15 is 0 Å². The minimum absolute atomic E-state index is 0.0469. The van der Waals surface area contributed by atoms with Crippen LogP contribution in [0.25, 0.3) is 0 Å². The average molecular weight is 254 g/mol. The quantitative estimate of drug-likeness (QED) is 0.663. The fraction of sp³-hybridized carbons (Fsp3) is 0.667. The van der Waals surface area contributed by atoms with Crippen LogP contribution >= 0.6 is 0 Å². The number of carbonyl (C=O) groups is 1. The van der Waals surface area contributed by atoms with Crippen molar-refractivity contribution in [2.24, 2.45) is 18.7 Å². The number of amides is 1. The molecule has 1 amide bonds. The fourth-order valence-electron chi connectivity index (χ4n) is 1.74. The number of nitrogens with one attached hydrogen (secondary N) is 1. The highest BCUT2D eigenvalue weighted by Gasteiger charge is 2.22. The highest BCUT2D eigenvalue weighted by Crippen LogP contribution is 2.11. The van der Waals surface area contributed by atoms with Gasteiger partial charge < -0.3 is 16.2 Å². The number of carbonyl (C=O) groups excluding carboxylic acids is 1. The minimum atomic E-state index is -0.723. The van der Waals surface area contributed by atoms with Crippen molar-refractivity contribution in [2.45, 2.75) is 32.4 Å². The SMILES string of the molecule is CC(C)C(CCO)NC(=O)C(N)c1cnn(C)c1. The first kappa shape index (κ1) is 14.7. The molecule has 0 aliphatic rings. The molecule has 102 valence electrons. The molecule has 0 bridgehead atoms. The molecule has 6 nitrogen and oxygen atoms in total. The first-order chi connectivity index (χ1) is 8.45. The van der Waals surface area contributed by atoms with E-state index in [1.165, 1.54) is 0 Å². The summed E-state index contributed by atoms with van der Waals surface area (Å²) >= 11 is 0. The summed E-state index contributed by atoms with van der Waals surface area (Å²) in [6.07, 6.45) is 3.84. The summed E-state index contributed by atoms with van der Waals surface area (Å²) in [5.74, 6) is 0.0114. The number of rotatable bonds is 6. The van der Waals surface area contributed by atoms with E-state index in [1.54, 1.807) is 24.1 Å². The van der Waals surface area contributed by atoms with Crippen molar-refractivity contribution in [1.82, 2.24) is 15.1 Å². The lowest BCUT2D eigenvalue weighted by molar-refractivity contribution is -0.123. The lowest BCUT2D eigenvalue weighted by atomic mass is 10.0. The maximum Gasteiger partial charge on any atom is 0.241 e. The molecule has 0 fully saturated rings. The van der Waals surface area contributed by atoms with Gasteiger partial charge in [0.2, 0.25) is 5.91 Å². The van der Waals surface area contributed by atoms with Crippen molar-refractivity contribution in [3.05, 3.63) is 18.0 Å². The molecule has 2 unspecified atom stereocenters. The predicted molar refractivity (Wildman–Crippen MR) is 68.6 cm³/mol. The summed E-state index contributed by atoms with van der Waals surface area (Å²) in [6.45, 7) is 4.04. The number of aromatic nitrogens is 2. The van der Waals surface area contributed by atoms with Gasteiger partial charge in [-0.2, -0.15) is 5.10 Å². The van der Waals surface area contributed by atoms with E-state index in [0.717, 1.165) is 0 Å². The number of nitrogens with two attached hydrogens (primary N) is 1. The van der Waals surface area contributed by atoms with Gasteiger partial charge in [-0.3, -0.25) is 9.48 Å². The van der Waals surface area contributed by atoms with Crippen LogP contribution in [0.3, 0.4) is 0 Å². The van der Waals surface area contributed by atoms with E-state index in [0.29, 0.717) is 12.0 Å². The van der Waals surface area contributed by atoms with E-state index in [9.17, 15) is 4.79 Å². The minimum Gasteiger partial charge on any atom is -0.396 e. The zero-order valence-electron chi connectivity index (χ0n) is 11.1.